The molecule has 58 valence electrons. The molecule has 2 N–H and O–H groups in total. The lowest BCUT2D eigenvalue weighted by Crippen LogP contribution is -2.63. The monoisotopic (exact) mass is 163 g/mol. The average molecular weight is 163 g/mol. The van der Waals surface area contributed by atoms with E-state index in [-0.39, 0.29) is 0 Å². The van der Waals surface area contributed by atoms with Crippen LogP contribution in [-0.2, 0) is 11.2 Å². The van der Waals surface area contributed by atoms with E-state index in [1.165, 1.54) is 0 Å². The normalized spacial score (nSPS) is 38.4. The summed E-state index contributed by atoms with van der Waals surface area (Å²) in [6.45, 7) is 1.75. The molecule has 0 saturated carbocycles. The summed E-state index contributed by atoms with van der Waals surface area (Å²) >= 11 is -0.804. The standard InChI is InChI=1S/C5H9NO3S/c1-5(6-4(7)8)2-10(9)3-5/h6H,2-3H2,1H3,(H,7,8)/t5-,10+. The van der Waals surface area contributed by atoms with E-state index < -0.39 is 22.8 Å². The van der Waals surface area contributed by atoms with Crippen molar-refractivity contribution in [1.29, 1.82) is 0 Å². The van der Waals surface area contributed by atoms with Crippen LogP contribution in [0, 0.1) is 0 Å². The molecule has 0 atom stereocenters. The molecule has 1 amide bonds. The second-order valence-electron chi connectivity index (χ2n) is 2.72. The SMILES string of the molecule is C[C@]1(NC(=O)O)C[S@@+]([O-])C1. The van der Waals surface area contributed by atoms with Crippen molar-refractivity contribution < 1.29 is 14.5 Å². The zero-order chi connectivity index (χ0) is 7.78. The largest absolute Gasteiger partial charge is 0.616 e. The fourth-order valence-electron chi connectivity index (χ4n) is 0.999. The zero-order valence-corrected chi connectivity index (χ0v) is 6.40. The number of amides is 1. The first kappa shape index (κ1) is 7.68. The lowest BCUT2D eigenvalue weighted by molar-refractivity contribution is 0.183. The Kier molecular flexibility index (Phi) is 1.78. The molecule has 1 fully saturated rings. The second kappa shape index (κ2) is 2.32. The van der Waals surface area contributed by atoms with Crippen LogP contribution in [0.5, 0.6) is 0 Å². The Labute approximate surface area is 61.8 Å². The van der Waals surface area contributed by atoms with E-state index in [1.807, 2.05) is 0 Å². The molecule has 1 saturated heterocycles. The first-order valence-electron chi connectivity index (χ1n) is 2.88. The second-order valence-corrected chi connectivity index (χ2v) is 4.18. The maximum Gasteiger partial charge on any atom is 0.405 e. The van der Waals surface area contributed by atoms with Crippen LogP contribution in [0.4, 0.5) is 4.79 Å². The van der Waals surface area contributed by atoms with Gasteiger partial charge in [0.1, 0.15) is 17.0 Å². The fourth-order valence-corrected chi connectivity index (χ4v) is 2.48. The molecule has 4 nitrogen and oxygen atoms in total. The van der Waals surface area contributed by atoms with Gasteiger partial charge in [0.15, 0.2) is 0 Å². The smallest absolute Gasteiger partial charge is 0.405 e. The summed E-state index contributed by atoms with van der Waals surface area (Å²) in [7, 11) is 0. The van der Waals surface area contributed by atoms with Crippen LogP contribution < -0.4 is 5.32 Å². The summed E-state index contributed by atoms with van der Waals surface area (Å²) in [4.78, 5) is 10.1. The summed E-state index contributed by atoms with van der Waals surface area (Å²) in [5.41, 5.74) is -0.434. The van der Waals surface area contributed by atoms with E-state index in [2.05, 4.69) is 5.32 Å². The Morgan fingerprint density at radius 2 is 2.30 bits per heavy atom. The molecular weight excluding hydrogens is 154 g/mol. The first-order valence-corrected chi connectivity index (χ1v) is 4.37. The minimum absolute atomic E-state index is 0.434. The maximum atomic E-state index is 10.6. The molecule has 0 aromatic rings. The number of hydrogen-bond donors (Lipinski definition) is 2. The van der Waals surface area contributed by atoms with Crippen molar-refractivity contribution in [3.8, 4) is 0 Å². The van der Waals surface area contributed by atoms with Crippen LogP contribution in [0.2, 0.25) is 0 Å². The predicted octanol–water partition coefficient (Wildman–Crippen LogP) is -0.225. The van der Waals surface area contributed by atoms with Gasteiger partial charge < -0.3 is 15.0 Å². The summed E-state index contributed by atoms with van der Waals surface area (Å²) in [6, 6.07) is 0. The van der Waals surface area contributed by atoms with Gasteiger partial charge in [-0.3, -0.25) is 0 Å². The Bertz CT molecular complexity index is 155. The van der Waals surface area contributed by atoms with Gasteiger partial charge >= 0.3 is 6.09 Å². The van der Waals surface area contributed by atoms with E-state index in [4.69, 9.17) is 5.11 Å². The van der Waals surface area contributed by atoms with Gasteiger partial charge in [0.05, 0.1) is 0 Å². The third-order valence-corrected chi connectivity index (χ3v) is 3.29. The molecule has 1 aliphatic heterocycles. The number of nitrogens with one attached hydrogen (secondary N) is 1. The molecule has 1 aliphatic rings. The lowest BCUT2D eigenvalue weighted by Gasteiger charge is -2.38. The van der Waals surface area contributed by atoms with Crippen LogP contribution in [0.3, 0.4) is 0 Å². The summed E-state index contributed by atoms with van der Waals surface area (Å²) in [5.74, 6) is 0.887. The molecule has 0 aromatic heterocycles. The number of rotatable bonds is 1. The molecule has 5 heteroatoms. The molecule has 0 unspecified atom stereocenters. The quantitative estimate of drug-likeness (QED) is 0.525. The van der Waals surface area contributed by atoms with Crippen molar-refractivity contribution in [1.82, 2.24) is 5.32 Å². The predicted molar refractivity (Wildman–Crippen MR) is 37.4 cm³/mol. The molecule has 1 heterocycles. The van der Waals surface area contributed by atoms with Crippen molar-refractivity contribution in [3.05, 3.63) is 0 Å². The average Bonchev–Trinajstić information content (AvgIpc) is 1.57. The van der Waals surface area contributed by atoms with Crippen molar-refractivity contribution in [2.75, 3.05) is 11.5 Å². The molecule has 0 aromatic carbocycles. The highest BCUT2D eigenvalue weighted by atomic mass is 32.2. The third kappa shape index (κ3) is 1.54. The van der Waals surface area contributed by atoms with E-state index in [1.54, 1.807) is 6.92 Å². The zero-order valence-electron chi connectivity index (χ0n) is 5.59. The van der Waals surface area contributed by atoms with Crippen molar-refractivity contribution in [3.63, 3.8) is 0 Å². The number of hydrogen-bond acceptors (Lipinski definition) is 2. The van der Waals surface area contributed by atoms with Crippen LogP contribution >= 0.6 is 0 Å². The highest BCUT2D eigenvalue weighted by Gasteiger charge is 2.45. The Morgan fingerprint density at radius 1 is 1.80 bits per heavy atom. The van der Waals surface area contributed by atoms with Crippen molar-refractivity contribution >= 4 is 17.3 Å². The third-order valence-electron chi connectivity index (χ3n) is 1.37. The molecular formula is C5H9NO3S. The summed E-state index contributed by atoms with van der Waals surface area (Å²) < 4.78 is 10.6. The number of carbonyl (C=O) groups is 1. The van der Waals surface area contributed by atoms with Crippen molar-refractivity contribution in [2.24, 2.45) is 0 Å². The van der Waals surface area contributed by atoms with Crippen LogP contribution in [0.25, 0.3) is 0 Å². The van der Waals surface area contributed by atoms with Crippen molar-refractivity contribution in [2.45, 2.75) is 12.5 Å². The summed E-state index contributed by atoms with van der Waals surface area (Å²) in [5, 5.41) is 10.6. The van der Waals surface area contributed by atoms with Gasteiger partial charge in [0.2, 0.25) is 0 Å². The van der Waals surface area contributed by atoms with Gasteiger partial charge in [-0.15, -0.1) is 0 Å². The Balaban J connectivity index is 2.34. The Morgan fingerprint density at radius 3 is 2.60 bits per heavy atom. The van der Waals surface area contributed by atoms with Crippen LogP contribution in [0.15, 0.2) is 0 Å². The maximum absolute atomic E-state index is 10.6. The van der Waals surface area contributed by atoms with Gasteiger partial charge in [-0.1, -0.05) is 0 Å². The Hall–Kier alpha value is -0.420. The first-order chi connectivity index (χ1) is 4.52. The lowest BCUT2D eigenvalue weighted by atomic mass is 10.1. The van der Waals surface area contributed by atoms with Crippen LogP contribution in [0.1, 0.15) is 6.92 Å². The topological polar surface area (TPSA) is 72.4 Å². The van der Waals surface area contributed by atoms with Crippen LogP contribution in [-0.4, -0.2) is 32.8 Å². The van der Waals surface area contributed by atoms with Gasteiger partial charge in [-0.2, -0.15) is 0 Å². The fraction of sp³-hybridized carbons (Fsp3) is 0.800. The van der Waals surface area contributed by atoms with Gasteiger partial charge in [0.25, 0.3) is 0 Å². The minimum Gasteiger partial charge on any atom is -0.616 e. The molecule has 10 heavy (non-hydrogen) atoms. The molecule has 0 radical (unpaired) electrons. The van der Waals surface area contributed by atoms with Gasteiger partial charge in [0, 0.05) is 0 Å². The van der Waals surface area contributed by atoms with E-state index >= 15 is 0 Å². The van der Waals surface area contributed by atoms with Gasteiger partial charge in [-0.05, 0) is 18.1 Å². The molecule has 1 rings (SSSR count). The molecule has 0 aliphatic carbocycles. The highest BCUT2D eigenvalue weighted by molar-refractivity contribution is 7.93. The van der Waals surface area contributed by atoms with Gasteiger partial charge in [-0.25, -0.2) is 4.79 Å². The highest BCUT2D eigenvalue weighted by Crippen LogP contribution is 2.22. The van der Waals surface area contributed by atoms with E-state index in [9.17, 15) is 9.35 Å². The van der Waals surface area contributed by atoms with E-state index in [0.29, 0.717) is 11.5 Å². The molecule has 0 spiro atoms. The molecule has 0 bridgehead atoms. The minimum atomic E-state index is -1.04. The number of carboxylic acid groups (broad SMARTS) is 1. The summed E-state index contributed by atoms with van der Waals surface area (Å²) in [6.07, 6.45) is -1.04. The van der Waals surface area contributed by atoms with E-state index in [0.717, 1.165) is 0 Å².